The normalized spacial score (nSPS) is 11.0. The van der Waals surface area contributed by atoms with Crippen LogP contribution in [0.5, 0.6) is 23.0 Å². The van der Waals surface area contributed by atoms with Crippen LogP contribution in [0.3, 0.4) is 0 Å². The molecule has 0 saturated heterocycles. The van der Waals surface area contributed by atoms with E-state index in [4.69, 9.17) is 9.47 Å². The van der Waals surface area contributed by atoms with Crippen molar-refractivity contribution in [3.8, 4) is 23.0 Å². The lowest BCUT2D eigenvalue weighted by Crippen LogP contribution is -2.04. The monoisotopic (exact) mass is 476 g/mol. The van der Waals surface area contributed by atoms with Gasteiger partial charge < -0.3 is 29.9 Å². The molecular formula is C27H24O8. The molecule has 4 rings (SSSR count). The molecule has 0 saturated carbocycles. The van der Waals surface area contributed by atoms with Gasteiger partial charge in [0, 0.05) is 17.5 Å². The average Bonchev–Trinajstić information content (AvgIpc) is 2.81. The minimum Gasteiger partial charge on any atom is -0.507 e. The van der Waals surface area contributed by atoms with Crippen LogP contribution in [-0.4, -0.2) is 45.6 Å². The molecule has 4 aromatic rings. The lowest BCUT2D eigenvalue weighted by atomic mass is 9.90. The third kappa shape index (κ3) is 4.38. The van der Waals surface area contributed by atoms with Crippen LogP contribution in [0.25, 0.3) is 21.5 Å². The van der Waals surface area contributed by atoms with Crippen molar-refractivity contribution < 1.29 is 39.5 Å². The van der Waals surface area contributed by atoms with Crippen molar-refractivity contribution in [1.29, 1.82) is 0 Å². The zero-order chi connectivity index (χ0) is 25.3. The third-order valence-corrected chi connectivity index (χ3v) is 5.81. The Morgan fingerprint density at radius 2 is 1.09 bits per heavy atom. The van der Waals surface area contributed by atoms with E-state index in [0.29, 0.717) is 46.3 Å². The molecule has 0 aromatic heterocycles. The molecule has 0 unspecified atom stereocenters. The van der Waals surface area contributed by atoms with E-state index in [-0.39, 0.29) is 28.7 Å². The van der Waals surface area contributed by atoms with Crippen LogP contribution in [0.15, 0.2) is 48.5 Å². The second-order valence-corrected chi connectivity index (χ2v) is 7.92. The summed E-state index contributed by atoms with van der Waals surface area (Å²) >= 11 is 0. The summed E-state index contributed by atoms with van der Waals surface area (Å²) in [6.45, 7) is 4.51. The molecule has 0 amide bonds. The van der Waals surface area contributed by atoms with Gasteiger partial charge in [-0.2, -0.15) is 0 Å². The number of carboxylic acids is 2. The highest BCUT2D eigenvalue weighted by Gasteiger charge is 2.23. The summed E-state index contributed by atoms with van der Waals surface area (Å²) in [5.41, 5.74) is -0.122. The molecule has 8 heteroatoms. The molecule has 0 atom stereocenters. The first-order valence-corrected chi connectivity index (χ1v) is 11.0. The summed E-state index contributed by atoms with van der Waals surface area (Å²) in [4.78, 5) is 23.7. The molecule has 0 aliphatic carbocycles. The molecule has 35 heavy (non-hydrogen) atoms. The number of aromatic carboxylic acids is 2. The van der Waals surface area contributed by atoms with E-state index >= 15 is 0 Å². The zero-order valence-corrected chi connectivity index (χ0v) is 19.2. The van der Waals surface area contributed by atoms with Gasteiger partial charge in [-0.3, -0.25) is 0 Å². The Bertz CT molecular complexity index is 1360. The van der Waals surface area contributed by atoms with Gasteiger partial charge in [0.25, 0.3) is 0 Å². The number of hydrogen-bond donors (Lipinski definition) is 4. The highest BCUT2D eigenvalue weighted by Crippen LogP contribution is 2.40. The fraction of sp³-hybridized carbons (Fsp3) is 0.185. The largest absolute Gasteiger partial charge is 0.507 e. The van der Waals surface area contributed by atoms with Gasteiger partial charge >= 0.3 is 11.9 Å². The second kappa shape index (κ2) is 9.42. The number of phenols is 2. The Labute approximate surface area is 200 Å². The number of ether oxygens (including phenoxy) is 2. The van der Waals surface area contributed by atoms with Gasteiger partial charge in [0.2, 0.25) is 0 Å². The minimum absolute atomic E-state index is 0.116. The summed E-state index contributed by atoms with van der Waals surface area (Å²) in [6.07, 6.45) is -0.116. The Morgan fingerprint density at radius 3 is 1.43 bits per heavy atom. The summed E-state index contributed by atoms with van der Waals surface area (Å²) < 4.78 is 11.1. The quantitative estimate of drug-likeness (QED) is 0.273. The standard InChI is InChI=1S/C27H24O8/c1-3-34-16-5-7-18-14(9-16)11-22(26(30)31)24(28)20(18)13-21-19-8-6-17(35-4-2)10-15(19)12-23(25(21)29)27(32)33/h5-12,28-29H,3-4,13H2,1-2H3,(H,30,31)(H,32,33). The predicted molar refractivity (Wildman–Crippen MR) is 130 cm³/mol. The number of aromatic hydroxyl groups is 2. The first kappa shape index (κ1) is 23.7. The van der Waals surface area contributed by atoms with E-state index in [2.05, 4.69) is 0 Å². The lowest BCUT2D eigenvalue weighted by Gasteiger charge is -2.17. The molecule has 0 aliphatic heterocycles. The first-order valence-electron chi connectivity index (χ1n) is 11.0. The van der Waals surface area contributed by atoms with Crippen molar-refractivity contribution in [2.24, 2.45) is 0 Å². The van der Waals surface area contributed by atoms with Crippen molar-refractivity contribution in [2.45, 2.75) is 20.3 Å². The number of carbonyl (C=O) groups is 2. The van der Waals surface area contributed by atoms with Crippen LogP contribution in [-0.2, 0) is 6.42 Å². The van der Waals surface area contributed by atoms with Crippen LogP contribution in [0.4, 0.5) is 0 Å². The van der Waals surface area contributed by atoms with E-state index in [9.17, 15) is 30.0 Å². The van der Waals surface area contributed by atoms with E-state index in [0.717, 1.165) is 0 Å². The van der Waals surface area contributed by atoms with Gasteiger partial charge in [-0.05, 0) is 71.8 Å². The zero-order valence-electron chi connectivity index (χ0n) is 19.2. The van der Waals surface area contributed by atoms with Gasteiger partial charge in [0.15, 0.2) is 0 Å². The predicted octanol–water partition coefficient (Wildman–Crippen LogP) is 5.19. The molecular weight excluding hydrogens is 452 g/mol. The maximum Gasteiger partial charge on any atom is 0.339 e. The molecule has 0 heterocycles. The lowest BCUT2D eigenvalue weighted by molar-refractivity contribution is 0.0682. The van der Waals surface area contributed by atoms with Crippen LogP contribution < -0.4 is 9.47 Å². The van der Waals surface area contributed by atoms with Crippen LogP contribution >= 0.6 is 0 Å². The second-order valence-electron chi connectivity index (χ2n) is 7.92. The molecule has 0 spiro atoms. The van der Waals surface area contributed by atoms with Crippen molar-refractivity contribution in [3.05, 3.63) is 70.8 Å². The van der Waals surface area contributed by atoms with E-state index < -0.39 is 23.4 Å². The maximum absolute atomic E-state index is 11.9. The molecule has 0 fully saturated rings. The Kier molecular flexibility index (Phi) is 6.38. The Hall–Kier alpha value is -4.46. The molecule has 4 N–H and O–H groups in total. The molecule has 0 bridgehead atoms. The number of fused-ring (bicyclic) bond motifs is 2. The SMILES string of the molecule is CCOc1ccc2c(Cc3c(O)c(C(=O)O)cc4cc(OCC)ccc34)c(O)c(C(=O)O)cc2c1. The van der Waals surface area contributed by atoms with Crippen molar-refractivity contribution in [2.75, 3.05) is 13.2 Å². The Balaban J connectivity index is 2.00. The molecule has 180 valence electrons. The molecule has 0 aliphatic rings. The smallest absolute Gasteiger partial charge is 0.339 e. The van der Waals surface area contributed by atoms with Crippen molar-refractivity contribution in [1.82, 2.24) is 0 Å². The number of benzene rings is 4. The van der Waals surface area contributed by atoms with Crippen molar-refractivity contribution in [3.63, 3.8) is 0 Å². The third-order valence-electron chi connectivity index (χ3n) is 5.81. The van der Waals surface area contributed by atoms with Gasteiger partial charge in [0.05, 0.1) is 13.2 Å². The first-order chi connectivity index (χ1) is 16.7. The van der Waals surface area contributed by atoms with Gasteiger partial charge in [-0.25, -0.2) is 9.59 Å². The number of rotatable bonds is 8. The van der Waals surface area contributed by atoms with Gasteiger partial charge in [-0.15, -0.1) is 0 Å². The molecule has 8 nitrogen and oxygen atoms in total. The highest BCUT2D eigenvalue weighted by molar-refractivity contribution is 6.02. The van der Waals surface area contributed by atoms with Crippen LogP contribution in [0.1, 0.15) is 45.7 Å². The fourth-order valence-electron chi connectivity index (χ4n) is 4.27. The molecule has 0 radical (unpaired) electrons. The highest BCUT2D eigenvalue weighted by atomic mass is 16.5. The summed E-state index contributed by atoms with van der Waals surface area (Å²) in [5, 5.41) is 43.3. The Morgan fingerprint density at radius 1 is 0.686 bits per heavy atom. The minimum atomic E-state index is -1.32. The number of hydrogen-bond acceptors (Lipinski definition) is 6. The van der Waals surface area contributed by atoms with Gasteiger partial charge in [-0.1, -0.05) is 12.1 Å². The van der Waals surface area contributed by atoms with Gasteiger partial charge in [0.1, 0.15) is 34.1 Å². The summed E-state index contributed by atoms with van der Waals surface area (Å²) in [6, 6.07) is 12.9. The topological polar surface area (TPSA) is 134 Å². The van der Waals surface area contributed by atoms with E-state index in [1.165, 1.54) is 12.1 Å². The molecule has 4 aromatic carbocycles. The number of carboxylic acid groups (broad SMARTS) is 2. The summed E-state index contributed by atoms with van der Waals surface area (Å²) in [7, 11) is 0. The van der Waals surface area contributed by atoms with E-state index in [1.54, 1.807) is 36.4 Å². The average molecular weight is 476 g/mol. The van der Waals surface area contributed by atoms with Crippen LogP contribution in [0.2, 0.25) is 0 Å². The van der Waals surface area contributed by atoms with Crippen LogP contribution in [0, 0.1) is 0 Å². The maximum atomic E-state index is 11.9. The van der Waals surface area contributed by atoms with Crippen molar-refractivity contribution >= 4 is 33.5 Å². The summed E-state index contributed by atoms with van der Waals surface area (Å²) in [5.74, 6) is -2.46. The fourth-order valence-corrected chi connectivity index (χ4v) is 4.27. The van der Waals surface area contributed by atoms with E-state index in [1.807, 2.05) is 13.8 Å².